The van der Waals surface area contributed by atoms with E-state index in [9.17, 15) is 0 Å². The van der Waals surface area contributed by atoms with E-state index in [1.807, 2.05) is 17.4 Å². The fourth-order valence-corrected chi connectivity index (χ4v) is 9.71. The van der Waals surface area contributed by atoms with Crippen molar-refractivity contribution in [2.24, 2.45) is 0 Å². The number of fused-ring (bicyclic) bond motifs is 9. The van der Waals surface area contributed by atoms with Gasteiger partial charge in [-0.1, -0.05) is 140 Å². The number of thiophene rings is 1. The average molecular weight is 746 g/mol. The van der Waals surface area contributed by atoms with Gasteiger partial charge in [-0.05, 0) is 59.7 Å². The molecular weight excluding hydrogens is 715 g/mol. The molecule has 12 rings (SSSR count). The molecule has 0 unspecified atom stereocenters. The summed E-state index contributed by atoms with van der Waals surface area (Å²) in [6, 6.07) is 66.7. The molecule has 0 atom stereocenters. The topological polar surface area (TPSA) is 48.5 Å². The summed E-state index contributed by atoms with van der Waals surface area (Å²) < 4.78 is 7.13. The highest BCUT2D eigenvalue weighted by atomic mass is 32.1. The van der Waals surface area contributed by atoms with Crippen LogP contribution in [0.4, 0.5) is 0 Å². The monoisotopic (exact) mass is 745 g/mol. The molecule has 0 fully saturated rings. The number of benzene rings is 8. The Morgan fingerprint density at radius 1 is 0.316 bits per heavy atom. The molecule has 5 nitrogen and oxygen atoms in total. The minimum Gasteiger partial charge on any atom is -0.309 e. The molecule has 0 spiro atoms. The highest BCUT2D eigenvalue weighted by Crippen LogP contribution is 2.39. The maximum Gasteiger partial charge on any atom is 0.238 e. The van der Waals surface area contributed by atoms with E-state index in [1.54, 1.807) is 0 Å². The van der Waals surface area contributed by atoms with Crippen molar-refractivity contribution in [1.82, 2.24) is 24.1 Å². The van der Waals surface area contributed by atoms with Crippen LogP contribution in [0.2, 0.25) is 0 Å². The SMILES string of the molecule is c1ccc(-c2cccc(-c3nc(-c4ccc5c6ccccc6n(-c6ccc7c(c6)sc6ccccc67)c5c4)nc(-n4c5ccccc5c5ccccc54)n3)c2)cc1. The van der Waals surface area contributed by atoms with E-state index < -0.39 is 0 Å². The Balaban J connectivity index is 1.10. The first-order chi connectivity index (χ1) is 28.2. The van der Waals surface area contributed by atoms with Gasteiger partial charge in [-0.2, -0.15) is 9.97 Å². The molecule has 0 aliphatic rings. The first-order valence-corrected chi connectivity index (χ1v) is 19.9. The molecule has 8 aromatic carbocycles. The third-order valence-electron chi connectivity index (χ3n) is 11.2. The summed E-state index contributed by atoms with van der Waals surface area (Å²) in [5.74, 6) is 1.81. The van der Waals surface area contributed by atoms with Crippen LogP contribution in [0.15, 0.2) is 188 Å². The van der Waals surface area contributed by atoms with Crippen molar-refractivity contribution < 1.29 is 0 Å². The number of para-hydroxylation sites is 3. The van der Waals surface area contributed by atoms with E-state index in [1.165, 1.54) is 30.9 Å². The summed E-state index contributed by atoms with van der Waals surface area (Å²) in [5, 5.41) is 7.28. The van der Waals surface area contributed by atoms with E-state index in [0.717, 1.165) is 60.8 Å². The molecule has 0 saturated heterocycles. The van der Waals surface area contributed by atoms with Crippen molar-refractivity contribution >= 4 is 75.1 Å². The Kier molecular flexibility index (Phi) is 7.03. The van der Waals surface area contributed by atoms with Gasteiger partial charge in [-0.25, -0.2) is 4.98 Å². The normalized spacial score (nSPS) is 11.9. The number of hydrogen-bond acceptors (Lipinski definition) is 4. The van der Waals surface area contributed by atoms with Crippen molar-refractivity contribution in [2.45, 2.75) is 0 Å². The molecular formula is C51H31N5S. The lowest BCUT2D eigenvalue weighted by atomic mass is 10.0. The quantitative estimate of drug-likeness (QED) is 0.176. The molecule has 57 heavy (non-hydrogen) atoms. The second kappa shape index (κ2) is 12.6. The largest absolute Gasteiger partial charge is 0.309 e. The Bertz CT molecular complexity index is 3490. The van der Waals surface area contributed by atoms with Gasteiger partial charge in [-0.15, -0.1) is 11.3 Å². The molecule has 0 amide bonds. The number of nitrogens with zero attached hydrogens (tertiary/aromatic N) is 5. The van der Waals surface area contributed by atoms with Crippen molar-refractivity contribution in [1.29, 1.82) is 0 Å². The van der Waals surface area contributed by atoms with Gasteiger partial charge >= 0.3 is 0 Å². The summed E-state index contributed by atoms with van der Waals surface area (Å²) in [5.41, 5.74) is 9.56. The zero-order chi connectivity index (χ0) is 37.5. The van der Waals surface area contributed by atoms with Crippen molar-refractivity contribution in [2.75, 3.05) is 0 Å². The van der Waals surface area contributed by atoms with Crippen LogP contribution >= 0.6 is 11.3 Å². The predicted molar refractivity (Wildman–Crippen MR) is 238 cm³/mol. The van der Waals surface area contributed by atoms with Gasteiger partial charge in [0.2, 0.25) is 5.95 Å². The van der Waals surface area contributed by atoms with Crippen LogP contribution in [0.1, 0.15) is 0 Å². The van der Waals surface area contributed by atoms with Crippen LogP contribution in [0.3, 0.4) is 0 Å². The summed E-state index contributed by atoms with van der Waals surface area (Å²) in [6.45, 7) is 0. The molecule has 0 aliphatic heterocycles. The number of aromatic nitrogens is 5. The molecule has 0 bridgehead atoms. The van der Waals surface area contributed by atoms with Crippen LogP contribution in [-0.2, 0) is 0 Å². The zero-order valence-corrected chi connectivity index (χ0v) is 31.4. The van der Waals surface area contributed by atoms with Gasteiger partial charge in [-0.3, -0.25) is 4.57 Å². The first-order valence-electron chi connectivity index (χ1n) is 19.1. The molecule has 266 valence electrons. The standard InChI is InChI=1S/C51H31N5S/c1-2-13-32(14-3-1)33-15-12-16-34(29-33)49-52-50(54-51(53-49)56-44-22-9-5-17-37(44)38-18-6-10-23-45(38)56)35-25-27-40-39-19-4-8-21-43(39)55(46(40)30-35)36-26-28-42-41-20-7-11-24-47(41)57-48(42)31-36/h1-31H. The smallest absolute Gasteiger partial charge is 0.238 e. The van der Waals surface area contributed by atoms with Gasteiger partial charge < -0.3 is 4.57 Å². The Morgan fingerprint density at radius 3 is 1.56 bits per heavy atom. The van der Waals surface area contributed by atoms with Crippen molar-refractivity contribution in [3.63, 3.8) is 0 Å². The average Bonchev–Trinajstić information content (AvgIpc) is 3.94. The Labute approximate surface area is 331 Å². The van der Waals surface area contributed by atoms with E-state index in [2.05, 4.69) is 191 Å². The maximum atomic E-state index is 5.31. The van der Waals surface area contributed by atoms with Crippen molar-refractivity contribution in [3.05, 3.63) is 188 Å². The minimum absolute atomic E-state index is 0.577. The molecule has 4 heterocycles. The fraction of sp³-hybridized carbons (Fsp3) is 0. The van der Waals surface area contributed by atoms with Crippen LogP contribution in [0.5, 0.6) is 0 Å². The fourth-order valence-electron chi connectivity index (χ4n) is 8.57. The number of hydrogen-bond donors (Lipinski definition) is 0. The van der Waals surface area contributed by atoms with Gasteiger partial charge in [0, 0.05) is 58.5 Å². The zero-order valence-electron chi connectivity index (χ0n) is 30.5. The minimum atomic E-state index is 0.577. The second-order valence-electron chi connectivity index (χ2n) is 14.5. The molecule has 4 aromatic heterocycles. The molecule has 0 saturated carbocycles. The molecule has 0 N–H and O–H groups in total. The second-order valence-corrected chi connectivity index (χ2v) is 15.5. The van der Waals surface area contributed by atoms with Crippen LogP contribution in [0, 0.1) is 0 Å². The van der Waals surface area contributed by atoms with Crippen LogP contribution < -0.4 is 0 Å². The van der Waals surface area contributed by atoms with Crippen molar-refractivity contribution in [3.8, 4) is 45.5 Å². The summed E-state index contributed by atoms with van der Waals surface area (Å²) in [6.07, 6.45) is 0. The van der Waals surface area contributed by atoms with E-state index in [0.29, 0.717) is 17.6 Å². The molecule has 0 aliphatic carbocycles. The van der Waals surface area contributed by atoms with Crippen LogP contribution in [0.25, 0.3) is 109 Å². The van der Waals surface area contributed by atoms with Gasteiger partial charge in [0.05, 0.1) is 22.1 Å². The van der Waals surface area contributed by atoms with Gasteiger partial charge in [0.25, 0.3) is 0 Å². The molecule has 6 heteroatoms. The Hall–Kier alpha value is -7.41. The predicted octanol–water partition coefficient (Wildman–Crippen LogP) is 13.4. The lowest BCUT2D eigenvalue weighted by molar-refractivity contribution is 0.953. The van der Waals surface area contributed by atoms with Gasteiger partial charge in [0.1, 0.15) is 0 Å². The lowest BCUT2D eigenvalue weighted by Gasteiger charge is -2.12. The summed E-state index contributed by atoms with van der Waals surface area (Å²) in [7, 11) is 0. The molecule has 0 radical (unpaired) electrons. The highest BCUT2D eigenvalue weighted by Gasteiger charge is 2.20. The third-order valence-corrected chi connectivity index (χ3v) is 12.3. The summed E-state index contributed by atoms with van der Waals surface area (Å²) >= 11 is 1.84. The first kappa shape index (κ1) is 31.9. The van der Waals surface area contributed by atoms with Gasteiger partial charge in [0.15, 0.2) is 11.6 Å². The highest BCUT2D eigenvalue weighted by molar-refractivity contribution is 7.25. The van der Waals surface area contributed by atoms with E-state index in [-0.39, 0.29) is 0 Å². The summed E-state index contributed by atoms with van der Waals surface area (Å²) in [4.78, 5) is 15.8. The Morgan fingerprint density at radius 2 is 0.842 bits per heavy atom. The lowest BCUT2D eigenvalue weighted by Crippen LogP contribution is -2.06. The van der Waals surface area contributed by atoms with E-state index in [4.69, 9.17) is 15.0 Å². The van der Waals surface area contributed by atoms with Crippen LogP contribution in [-0.4, -0.2) is 24.1 Å². The molecule has 12 aromatic rings. The van der Waals surface area contributed by atoms with E-state index >= 15 is 0 Å². The number of rotatable bonds is 5. The third kappa shape index (κ3) is 5.04. The maximum absolute atomic E-state index is 5.31.